The van der Waals surface area contributed by atoms with Crippen molar-refractivity contribution in [2.45, 2.75) is 19.4 Å². The van der Waals surface area contributed by atoms with E-state index in [1.54, 1.807) is 12.5 Å². The molecule has 108 valence electrons. The molecule has 1 atom stereocenters. The Morgan fingerprint density at radius 2 is 2.24 bits per heavy atom. The van der Waals surface area contributed by atoms with E-state index in [1.807, 2.05) is 30.3 Å². The van der Waals surface area contributed by atoms with Crippen LogP contribution < -0.4 is 5.32 Å². The normalized spacial score (nSPS) is 12.7. The highest BCUT2D eigenvalue weighted by Gasteiger charge is 2.19. The summed E-state index contributed by atoms with van der Waals surface area (Å²) in [5, 5.41) is 5.07. The number of halogens is 1. The highest BCUT2D eigenvalue weighted by molar-refractivity contribution is 6.34. The Bertz CT molecular complexity index is 727. The van der Waals surface area contributed by atoms with Crippen LogP contribution in [0.4, 0.5) is 0 Å². The molecular formula is C16H16ClN3O. The first-order valence-corrected chi connectivity index (χ1v) is 7.34. The molecule has 21 heavy (non-hydrogen) atoms. The van der Waals surface area contributed by atoms with Crippen molar-refractivity contribution in [1.82, 2.24) is 15.3 Å². The molecule has 2 heterocycles. The molecule has 0 aliphatic rings. The molecule has 1 N–H and O–H groups in total. The van der Waals surface area contributed by atoms with Gasteiger partial charge in [0, 0.05) is 11.6 Å². The van der Waals surface area contributed by atoms with Crippen LogP contribution in [0.1, 0.15) is 30.8 Å². The number of hydrogen-bond donors (Lipinski definition) is 1. The first-order valence-electron chi connectivity index (χ1n) is 6.97. The summed E-state index contributed by atoms with van der Waals surface area (Å²) >= 11 is 6.19. The zero-order valence-corrected chi connectivity index (χ0v) is 12.5. The van der Waals surface area contributed by atoms with Crippen molar-refractivity contribution in [1.29, 1.82) is 0 Å². The lowest BCUT2D eigenvalue weighted by atomic mass is 10.1. The summed E-state index contributed by atoms with van der Waals surface area (Å²) in [6, 6.07) is 9.54. The molecule has 0 aliphatic carbocycles. The molecule has 0 bridgehead atoms. The Kier molecular flexibility index (Phi) is 4.18. The van der Waals surface area contributed by atoms with Crippen molar-refractivity contribution in [3.63, 3.8) is 0 Å². The number of fused-ring (bicyclic) bond motifs is 1. The van der Waals surface area contributed by atoms with Crippen LogP contribution in [0.25, 0.3) is 11.0 Å². The first kappa shape index (κ1) is 14.0. The summed E-state index contributed by atoms with van der Waals surface area (Å²) in [6.07, 6.45) is 4.31. The predicted octanol–water partition coefficient (Wildman–Crippen LogP) is 3.97. The van der Waals surface area contributed by atoms with E-state index in [2.05, 4.69) is 22.2 Å². The van der Waals surface area contributed by atoms with Crippen molar-refractivity contribution in [3.8, 4) is 0 Å². The number of furan rings is 1. The highest BCUT2D eigenvalue weighted by atomic mass is 35.5. The molecule has 3 rings (SSSR count). The zero-order chi connectivity index (χ0) is 14.7. The molecule has 1 unspecified atom stereocenters. The van der Waals surface area contributed by atoms with Crippen LogP contribution in [-0.2, 0) is 0 Å². The molecule has 1 aromatic carbocycles. The second-order valence-corrected chi connectivity index (χ2v) is 5.24. The van der Waals surface area contributed by atoms with E-state index < -0.39 is 0 Å². The van der Waals surface area contributed by atoms with Gasteiger partial charge in [0.15, 0.2) is 5.58 Å². The Morgan fingerprint density at radius 3 is 2.95 bits per heavy atom. The number of para-hydroxylation sites is 1. The molecule has 2 aromatic heterocycles. The fraction of sp³-hybridized carbons (Fsp3) is 0.250. The van der Waals surface area contributed by atoms with E-state index in [-0.39, 0.29) is 6.04 Å². The minimum absolute atomic E-state index is 0.101. The second-order valence-electron chi connectivity index (χ2n) is 4.83. The second kappa shape index (κ2) is 6.24. The zero-order valence-electron chi connectivity index (χ0n) is 11.7. The number of nitrogens with one attached hydrogen (secondary N) is 1. The summed E-state index contributed by atoms with van der Waals surface area (Å²) in [7, 11) is 0. The van der Waals surface area contributed by atoms with E-state index in [4.69, 9.17) is 16.0 Å². The lowest BCUT2D eigenvalue weighted by Crippen LogP contribution is -2.23. The summed E-state index contributed by atoms with van der Waals surface area (Å²) in [4.78, 5) is 8.30. The number of nitrogens with zero attached hydrogens (tertiary/aromatic N) is 2. The first-order chi connectivity index (χ1) is 10.3. The van der Waals surface area contributed by atoms with Gasteiger partial charge >= 0.3 is 0 Å². The van der Waals surface area contributed by atoms with Crippen molar-refractivity contribution in [2.24, 2.45) is 0 Å². The lowest BCUT2D eigenvalue weighted by Gasteiger charge is -2.15. The van der Waals surface area contributed by atoms with E-state index in [9.17, 15) is 0 Å². The number of aromatic nitrogens is 2. The van der Waals surface area contributed by atoms with E-state index >= 15 is 0 Å². The Balaban J connectivity index is 2.03. The predicted molar refractivity (Wildman–Crippen MR) is 83.4 cm³/mol. The van der Waals surface area contributed by atoms with Crippen molar-refractivity contribution >= 4 is 22.6 Å². The summed E-state index contributed by atoms with van der Waals surface area (Å²) < 4.78 is 5.96. The summed E-state index contributed by atoms with van der Waals surface area (Å²) in [6.45, 7) is 3.00. The molecule has 0 amide bonds. The maximum absolute atomic E-state index is 6.19. The average Bonchev–Trinajstić information content (AvgIpc) is 2.94. The topological polar surface area (TPSA) is 51.0 Å². The van der Waals surface area contributed by atoms with Gasteiger partial charge in [-0.05, 0) is 31.2 Å². The molecule has 0 radical (unpaired) electrons. The van der Waals surface area contributed by atoms with Crippen molar-refractivity contribution in [3.05, 3.63) is 59.3 Å². The van der Waals surface area contributed by atoms with Crippen molar-refractivity contribution < 1.29 is 4.42 Å². The largest absolute Gasteiger partial charge is 0.457 e. The fourth-order valence-electron chi connectivity index (χ4n) is 2.30. The fourth-order valence-corrected chi connectivity index (χ4v) is 2.52. The molecule has 0 spiro atoms. The van der Waals surface area contributed by atoms with Gasteiger partial charge in [-0.2, -0.15) is 0 Å². The van der Waals surface area contributed by atoms with Crippen LogP contribution in [0.2, 0.25) is 5.02 Å². The van der Waals surface area contributed by atoms with Gasteiger partial charge in [-0.25, -0.2) is 9.97 Å². The summed E-state index contributed by atoms with van der Waals surface area (Å²) in [5.41, 5.74) is 1.60. The number of benzene rings is 1. The molecule has 0 aliphatic heterocycles. The third kappa shape index (κ3) is 2.91. The molecule has 0 saturated carbocycles. The van der Waals surface area contributed by atoms with Gasteiger partial charge in [0.05, 0.1) is 10.7 Å². The minimum Gasteiger partial charge on any atom is -0.457 e. The molecule has 0 saturated heterocycles. The van der Waals surface area contributed by atoms with Crippen LogP contribution in [0, 0.1) is 0 Å². The minimum atomic E-state index is -0.101. The third-order valence-electron chi connectivity index (χ3n) is 3.30. The van der Waals surface area contributed by atoms with Gasteiger partial charge in [0.25, 0.3) is 0 Å². The number of hydrogen-bond acceptors (Lipinski definition) is 4. The third-order valence-corrected chi connectivity index (χ3v) is 3.60. The average molecular weight is 302 g/mol. The van der Waals surface area contributed by atoms with E-state index in [0.717, 1.165) is 29.8 Å². The van der Waals surface area contributed by atoms with Gasteiger partial charge in [-0.15, -0.1) is 0 Å². The quantitative estimate of drug-likeness (QED) is 0.775. The monoisotopic (exact) mass is 301 g/mol. The molecule has 4 nitrogen and oxygen atoms in total. The summed E-state index contributed by atoms with van der Waals surface area (Å²) in [5.74, 6) is 0.810. The van der Waals surface area contributed by atoms with Gasteiger partial charge in [0.1, 0.15) is 18.1 Å². The van der Waals surface area contributed by atoms with Crippen LogP contribution in [0.3, 0.4) is 0 Å². The smallest absolute Gasteiger partial charge is 0.152 e. The van der Waals surface area contributed by atoms with Gasteiger partial charge in [-0.1, -0.05) is 30.7 Å². The maximum atomic E-state index is 6.19. The SMILES string of the molecule is CCCNC(c1ccncn1)c1cc2cccc(Cl)c2o1. The van der Waals surface area contributed by atoms with E-state index in [1.165, 1.54) is 0 Å². The van der Waals surface area contributed by atoms with Crippen LogP contribution in [-0.4, -0.2) is 16.5 Å². The Morgan fingerprint density at radius 1 is 1.33 bits per heavy atom. The number of rotatable bonds is 5. The standard InChI is InChI=1S/C16H16ClN3O/c1-2-7-19-15(13-6-8-18-10-20-13)14-9-11-4-3-5-12(17)16(11)21-14/h3-6,8-10,15,19H,2,7H2,1H3. The van der Waals surface area contributed by atoms with Crippen LogP contribution in [0.15, 0.2) is 47.3 Å². The molecule has 5 heteroatoms. The van der Waals surface area contributed by atoms with Gasteiger partial charge in [0.2, 0.25) is 0 Å². The maximum Gasteiger partial charge on any atom is 0.152 e. The molecule has 0 fully saturated rings. The Hall–Kier alpha value is -1.91. The van der Waals surface area contributed by atoms with Crippen molar-refractivity contribution in [2.75, 3.05) is 6.54 Å². The lowest BCUT2D eigenvalue weighted by molar-refractivity contribution is 0.463. The molecular weight excluding hydrogens is 286 g/mol. The van der Waals surface area contributed by atoms with Crippen LogP contribution in [0.5, 0.6) is 0 Å². The highest BCUT2D eigenvalue weighted by Crippen LogP contribution is 2.31. The Labute approximate surface area is 128 Å². The van der Waals surface area contributed by atoms with Gasteiger partial charge in [-0.3, -0.25) is 0 Å². The van der Waals surface area contributed by atoms with Gasteiger partial charge < -0.3 is 9.73 Å². The molecule has 3 aromatic rings. The van der Waals surface area contributed by atoms with E-state index in [0.29, 0.717) is 10.6 Å². The van der Waals surface area contributed by atoms with Crippen LogP contribution >= 0.6 is 11.6 Å².